The van der Waals surface area contributed by atoms with Crippen LogP contribution in [0, 0.1) is 17.3 Å². The molecule has 0 heterocycles. The van der Waals surface area contributed by atoms with Gasteiger partial charge in [-0.1, -0.05) is 11.8 Å². The zero-order valence-corrected chi connectivity index (χ0v) is 12.7. The summed E-state index contributed by atoms with van der Waals surface area (Å²) in [6, 6.07) is 1.22. The Labute approximate surface area is 108 Å². The van der Waals surface area contributed by atoms with Gasteiger partial charge in [-0.2, -0.15) is 0 Å². The van der Waals surface area contributed by atoms with Gasteiger partial charge in [0.25, 0.3) is 0 Å². The Balaban J connectivity index is 3.79. The van der Waals surface area contributed by atoms with Gasteiger partial charge in [0.1, 0.15) is 0 Å². The molecule has 0 radical (unpaired) electrons. The Morgan fingerprint density at radius 2 is 1.59 bits per heavy atom. The molecule has 2 nitrogen and oxygen atoms in total. The molecule has 2 heteroatoms. The zero-order valence-electron chi connectivity index (χ0n) is 12.7. The van der Waals surface area contributed by atoms with Crippen molar-refractivity contribution in [2.24, 2.45) is 5.41 Å². The molecule has 100 valence electrons. The van der Waals surface area contributed by atoms with Gasteiger partial charge in [0, 0.05) is 30.6 Å². The van der Waals surface area contributed by atoms with Crippen molar-refractivity contribution < 1.29 is 0 Å². The van der Waals surface area contributed by atoms with E-state index in [-0.39, 0.29) is 5.41 Å². The number of nitrogens with one attached hydrogen (secondary N) is 1. The Bertz CT molecular complexity index is 242. The van der Waals surface area contributed by atoms with Gasteiger partial charge in [-0.05, 0) is 48.5 Å². The zero-order chi connectivity index (χ0) is 13.5. The van der Waals surface area contributed by atoms with Crippen LogP contribution in [-0.4, -0.2) is 36.6 Å². The van der Waals surface area contributed by atoms with E-state index in [1.807, 2.05) is 0 Å². The molecular formula is C15H30N2. The fourth-order valence-corrected chi connectivity index (χ4v) is 1.78. The molecule has 0 aromatic heterocycles. The van der Waals surface area contributed by atoms with Crippen molar-refractivity contribution in [3.63, 3.8) is 0 Å². The average Bonchev–Trinajstić information content (AvgIpc) is 2.13. The second-order valence-corrected chi connectivity index (χ2v) is 6.15. The predicted molar refractivity (Wildman–Crippen MR) is 77.1 cm³/mol. The van der Waals surface area contributed by atoms with Crippen LogP contribution in [0.5, 0.6) is 0 Å². The Morgan fingerprint density at radius 3 is 2.00 bits per heavy atom. The van der Waals surface area contributed by atoms with E-state index in [0.717, 1.165) is 19.6 Å². The van der Waals surface area contributed by atoms with Crippen LogP contribution in [-0.2, 0) is 0 Å². The van der Waals surface area contributed by atoms with Crippen LogP contribution in [0.1, 0.15) is 48.5 Å². The lowest BCUT2D eigenvalue weighted by atomic mass is 9.98. The molecule has 0 aliphatic heterocycles. The second kappa shape index (κ2) is 7.74. The van der Waals surface area contributed by atoms with Crippen molar-refractivity contribution in [1.29, 1.82) is 0 Å². The molecule has 0 unspecified atom stereocenters. The summed E-state index contributed by atoms with van der Waals surface area (Å²) in [4.78, 5) is 2.49. The molecule has 0 fully saturated rings. The molecule has 0 aliphatic carbocycles. The first-order valence-electron chi connectivity index (χ1n) is 6.70. The van der Waals surface area contributed by atoms with Crippen LogP contribution < -0.4 is 5.32 Å². The summed E-state index contributed by atoms with van der Waals surface area (Å²) in [7, 11) is 0. The number of hydrogen-bond acceptors (Lipinski definition) is 2. The van der Waals surface area contributed by atoms with Gasteiger partial charge in [-0.3, -0.25) is 4.90 Å². The predicted octanol–water partition coefficient (Wildman–Crippen LogP) is 2.74. The highest BCUT2D eigenvalue weighted by Crippen LogP contribution is 2.09. The summed E-state index contributed by atoms with van der Waals surface area (Å²) >= 11 is 0. The summed E-state index contributed by atoms with van der Waals surface area (Å²) in [5, 5.41) is 3.38. The molecule has 0 aliphatic rings. The highest BCUT2D eigenvalue weighted by atomic mass is 15.2. The molecule has 0 bridgehead atoms. The van der Waals surface area contributed by atoms with E-state index in [0.29, 0.717) is 12.1 Å². The topological polar surface area (TPSA) is 15.3 Å². The van der Waals surface area contributed by atoms with E-state index in [4.69, 9.17) is 0 Å². The normalized spacial score (nSPS) is 12.1. The van der Waals surface area contributed by atoms with Crippen molar-refractivity contribution in [3.8, 4) is 11.8 Å². The number of rotatable bonds is 6. The maximum Gasteiger partial charge on any atom is 0.0577 e. The molecule has 0 rings (SSSR count). The summed E-state index contributed by atoms with van der Waals surface area (Å²) in [5.41, 5.74) is 0.115. The third-order valence-electron chi connectivity index (χ3n) is 2.55. The quantitative estimate of drug-likeness (QED) is 0.565. The standard InChI is InChI=1S/C15H30N2/c1-13(2)17(14(3)4)12-11-16-10-8-9-15(5,6)7/h13-14,16H,10-12H2,1-7H3. The molecule has 1 N–H and O–H groups in total. The largest absolute Gasteiger partial charge is 0.305 e. The lowest BCUT2D eigenvalue weighted by Gasteiger charge is -2.30. The third kappa shape index (κ3) is 9.21. The highest BCUT2D eigenvalue weighted by molar-refractivity contribution is 5.08. The van der Waals surface area contributed by atoms with Gasteiger partial charge >= 0.3 is 0 Å². The van der Waals surface area contributed by atoms with Crippen molar-refractivity contribution in [1.82, 2.24) is 10.2 Å². The van der Waals surface area contributed by atoms with E-state index in [2.05, 4.69) is 70.5 Å². The van der Waals surface area contributed by atoms with Crippen LogP contribution in [0.25, 0.3) is 0 Å². The van der Waals surface area contributed by atoms with E-state index in [9.17, 15) is 0 Å². The van der Waals surface area contributed by atoms with Crippen LogP contribution in [0.2, 0.25) is 0 Å². The van der Waals surface area contributed by atoms with Gasteiger partial charge < -0.3 is 5.32 Å². The van der Waals surface area contributed by atoms with Crippen molar-refractivity contribution in [2.75, 3.05) is 19.6 Å². The van der Waals surface area contributed by atoms with Crippen molar-refractivity contribution in [3.05, 3.63) is 0 Å². The monoisotopic (exact) mass is 238 g/mol. The number of hydrogen-bond donors (Lipinski definition) is 1. The van der Waals surface area contributed by atoms with E-state index < -0.39 is 0 Å². The first-order chi connectivity index (χ1) is 7.74. The molecule has 0 aromatic carbocycles. The van der Waals surface area contributed by atoms with E-state index in [1.54, 1.807) is 0 Å². The molecule has 0 saturated carbocycles. The van der Waals surface area contributed by atoms with Gasteiger partial charge in [0.05, 0.1) is 6.54 Å². The minimum absolute atomic E-state index is 0.115. The van der Waals surface area contributed by atoms with Crippen LogP contribution in [0.15, 0.2) is 0 Å². The highest BCUT2D eigenvalue weighted by Gasteiger charge is 2.11. The van der Waals surface area contributed by atoms with Crippen LogP contribution in [0.4, 0.5) is 0 Å². The van der Waals surface area contributed by atoms with Crippen molar-refractivity contribution >= 4 is 0 Å². The first-order valence-corrected chi connectivity index (χ1v) is 6.70. The average molecular weight is 238 g/mol. The van der Waals surface area contributed by atoms with E-state index >= 15 is 0 Å². The molecule has 0 aromatic rings. The third-order valence-corrected chi connectivity index (χ3v) is 2.55. The van der Waals surface area contributed by atoms with Gasteiger partial charge in [-0.25, -0.2) is 0 Å². The fraction of sp³-hybridized carbons (Fsp3) is 0.867. The van der Waals surface area contributed by atoms with Crippen LogP contribution >= 0.6 is 0 Å². The smallest absolute Gasteiger partial charge is 0.0577 e. The van der Waals surface area contributed by atoms with Gasteiger partial charge in [0.2, 0.25) is 0 Å². The lowest BCUT2D eigenvalue weighted by molar-refractivity contribution is 0.176. The van der Waals surface area contributed by atoms with Crippen LogP contribution in [0.3, 0.4) is 0 Å². The summed E-state index contributed by atoms with van der Waals surface area (Å²) in [6.45, 7) is 18.3. The number of nitrogens with zero attached hydrogens (tertiary/aromatic N) is 1. The lowest BCUT2D eigenvalue weighted by Crippen LogP contribution is -2.41. The first kappa shape index (κ1) is 16.5. The molecular weight excluding hydrogens is 208 g/mol. The summed E-state index contributed by atoms with van der Waals surface area (Å²) in [6.07, 6.45) is 0. The molecule has 0 spiro atoms. The minimum Gasteiger partial charge on any atom is -0.305 e. The van der Waals surface area contributed by atoms with E-state index in [1.165, 1.54) is 0 Å². The summed E-state index contributed by atoms with van der Waals surface area (Å²) < 4.78 is 0. The maximum absolute atomic E-state index is 3.38. The Hall–Kier alpha value is -0.520. The Morgan fingerprint density at radius 1 is 1.06 bits per heavy atom. The second-order valence-electron chi connectivity index (χ2n) is 6.15. The Kier molecular flexibility index (Phi) is 7.50. The van der Waals surface area contributed by atoms with Crippen molar-refractivity contribution in [2.45, 2.75) is 60.5 Å². The fourth-order valence-electron chi connectivity index (χ4n) is 1.78. The SMILES string of the molecule is CC(C)N(CCNCC#CC(C)(C)C)C(C)C. The molecule has 0 saturated heterocycles. The molecule has 0 amide bonds. The molecule has 17 heavy (non-hydrogen) atoms. The summed E-state index contributed by atoms with van der Waals surface area (Å²) in [5.74, 6) is 6.41. The maximum atomic E-state index is 3.38. The van der Waals surface area contributed by atoms with Gasteiger partial charge in [-0.15, -0.1) is 0 Å². The minimum atomic E-state index is 0.115. The van der Waals surface area contributed by atoms with Gasteiger partial charge in [0.15, 0.2) is 0 Å². The molecule has 0 atom stereocenters.